The van der Waals surface area contributed by atoms with E-state index in [1.54, 1.807) is 0 Å². The lowest BCUT2D eigenvalue weighted by Crippen LogP contribution is -2.13. The molecule has 154 valence electrons. The number of phenols is 2. The van der Waals surface area contributed by atoms with Crippen molar-refractivity contribution >= 4 is 12.0 Å². The first-order chi connectivity index (χ1) is 13.1. The lowest BCUT2D eigenvalue weighted by atomic mass is 10.0. The van der Waals surface area contributed by atoms with E-state index in [0.717, 1.165) is 25.5 Å². The number of hydrogen-bond acceptors (Lipinski definition) is 4. The zero-order valence-electron chi connectivity index (χ0n) is 16.9. The van der Waals surface area contributed by atoms with Gasteiger partial charge in [-0.25, -0.2) is 0 Å². The van der Waals surface area contributed by atoms with E-state index in [-0.39, 0.29) is 22.5 Å². The van der Waals surface area contributed by atoms with Crippen LogP contribution in [0.3, 0.4) is 0 Å². The highest BCUT2D eigenvalue weighted by Crippen LogP contribution is 2.15. The molecule has 0 heterocycles. The van der Waals surface area contributed by atoms with Crippen LogP contribution in [0.1, 0.15) is 96.8 Å². The van der Waals surface area contributed by atoms with Crippen molar-refractivity contribution in [2.24, 2.45) is 0 Å². The van der Waals surface area contributed by atoms with E-state index in [0.29, 0.717) is 11.6 Å². The van der Waals surface area contributed by atoms with Crippen molar-refractivity contribution in [3.05, 3.63) is 22.6 Å². The van der Waals surface area contributed by atoms with Crippen LogP contribution in [-0.4, -0.2) is 20.4 Å². The molecular formula is C23H38O4. The number of phenolic OH excluding ortho intramolecular Hbond substituents is 2. The van der Waals surface area contributed by atoms with Gasteiger partial charge in [-0.15, -0.1) is 0 Å². The maximum atomic E-state index is 10.1. The lowest BCUT2D eigenvalue weighted by molar-refractivity contribution is 0.421. The van der Waals surface area contributed by atoms with Crippen LogP contribution < -0.4 is 10.4 Å². The third kappa shape index (κ3) is 9.60. The quantitative estimate of drug-likeness (QED) is 0.320. The summed E-state index contributed by atoms with van der Waals surface area (Å²) in [5, 5.41) is 39.3. The van der Waals surface area contributed by atoms with Gasteiger partial charge in [0, 0.05) is 11.6 Å². The van der Waals surface area contributed by atoms with Gasteiger partial charge < -0.3 is 20.4 Å². The normalized spacial score (nSPS) is 10.9. The summed E-state index contributed by atoms with van der Waals surface area (Å²) in [5.74, 6) is -0.442. The molecule has 1 aromatic rings. The fourth-order valence-corrected chi connectivity index (χ4v) is 3.44. The molecule has 0 saturated heterocycles. The van der Waals surface area contributed by atoms with E-state index in [1.165, 1.54) is 76.3 Å². The van der Waals surface area contributed by atoms with Crippen LogP contribution in [0.5, 0.6) is 11.5 Å². The maximum Gasteiger partial charge on any atom is 0.130 e. The smallest absolute Gasteiger partial charge is 0.130 e. The summed E-state index contributed by atoms with van der Waals surface area (Å²) in [4.78, 5) is 0. The van der Waals surface area contributed by atoms with Gasteiger partial charge in [0.15, 0.2) is 0 Å². The Kier molecular flexibility index (Phi) is 12.2. The van der Waals surface area contributed by atoms with E-state index < -0.39 is 0 Å². The molecule has 4 heteroatoms. The molecule has 0 aliphatic carbocycles. The minimum absolute atomic E-state index is 0.00226. The standard InChI is InChI=1S/C23H38O4/c1-2-3-4-5-6-7-8-9-10-11-12-13-14-15-20(25)23-21(26)16-19(18-24)17-22(23)27/h16-18,24-27H,2-15H2,1H3. The predicted molar refractivity (Wildman–Crippen MR) is 112 cm³/mol. The molecule has 0 aromatic heterocycles. The topological polar surface area (TPSA) is 80.9 Å². The van der Waals surface area contributed by atoms with E-state index in [2.05, 4.69) is 6.92 Å². The van der Waals surface area contributed by atoms with Crippen molar-refractivity contribution in [2.45, 2.75) is 96.8 Å². The zero-order valence-corrected chi connectivity index (χ0v) is 16.9. The summed E-state index contributed by atoms with van der Waals surface area (Å²) in [5.41, 5.74) is 0. The molecule has 0 aliphatic rings. The van der Waals surface area contributed by atoms with Crippen molar-refractivity contribution in [3.8, 4) is 11.5 Å². The van der Waals surface area contributed by atoms with Gasteiger partial charge >= 0.3 is 0 Å². The molecule has 4 nitrogen and oxygen atoms in total. The third-order valence-electron chi connectivity index (χ3n) is 5.07. The molecule has 0 unspecified atom stereocenters. The monoisotopic (exact) mass is 378 g/mol. The van der Waals surface area contributed by atoms with Gasteiger partial charge in [-0.1, -0.05) is 84.0 Å². The number of aliphatic hydroxyl groups excluding tert-OH is 2. The third-order valence-corrected chi connectivity index (χ3v) is 5.07. The SMILES string of the molecule is CCCCCCCCCCCCCCCC(O)=c1c(O)cc(=CO)cc1O. The van der Waals surface area contributed by atoms with E-state index in [1.807, 2.05) is 0 Å². The Balaban J connectivity index is 2.15. The first-order valence-electron chi connectivity index (χ1n) is 10.7. The minimum Gasteiger partial charge on any atom is -0.515 e. The van der Waals surface area contributed by atoms with Crippen molar-refractivity contribution in [2.75, 3.05) is 0 Å². The number of aliphatic hydroxyl groups is 2. The fraction of sp³-hybridized carbons (Fsp3) is 0.652. The summed E-state index contributed by atoms with van der Waals surface area (Å²) in [7, 11) is 0. The molecule has 0 radical (unpaired) electrons. The van der Waals surface area contributed by atoms with Gasteiger partial charge in [-0.05, 0) is 18.6 Å². The molecule has 0 saturated carbocycles. The summed E-state index contributed by atoms with van der Waals surface area (Å²) < 4.78 is 0. The molecule has 27 heavy (non-hydrogen) atoms. The highest BCUT2D eigenvalue weighted by molar-refractivity contribution is 5.48. The van der Waals surface area contributed by atoms with Crippen molar-refractivity contribution in [3.63, 3.8) is 0 Å². The Labute approximate surface area is 163 Å². The number of unbranched alkanes of at least 4 members (excludes halogenated alkanes) is 12. The fourth-order valence-electron chi connectivity index (χ4n) is 3.44. The average molecular weight is 379 g/mol. The summed E-state index contributed by atoms with van der Waals surface area (Å²) >= 11 is 0. The van der Waals surface area contributed by atoms with Crippen LogP contribution >= 0.6 is 0 Å². The van der Waals surface area contributed by atoms with Gasteiger partial charge in [-0.3, -0.25) is 0 Å². The summed E-state index contributed by atoms with van der Waals surface area (Å²) in [6.07, 6.45) is 17.6. The molecule has 1 rings (SSSR count). The largest absolute Gasteiger partial charge is 0.515 e. The highest BCUT2D eigenvalue weighted by Gasteiger charge is 2.06. The Hall–Kier alpha value is -1.84. The maximum absolute atomic E-state index is 10.1. The van der Waals surface area contributed by atoms with Gasteiger partial charge in [-0.2, -0.15) is 0 Å². The van der Waals surface area contributed by atoms with Gasteiger partial charge in [0.05, 0.1) is 11.5 Å². The van der Waals surface area contributed by atoms with Crippen molar-refractivity contribution in [1.29, 1.82) is 0 Å². The van der Waals surface area contributed by atoms with Gasteiger partial charge in [0.2, 0.25) is 0 Å². The number of benzene rings is 1. The van der Waals surface area contributed by atoms with Crippen LogP contribution in [0.25, 0.3) is 12.0 Å². The lowest BCUT2D eigenvalue weighted by Gasteiger charge is -2.05. The van der Waals surface area contributed by atoms with Crippen LogP contribution in [0.15, 0.2) is 12.1 Å². The second-order valence-electron chi connectivity index (χ2n) is 7.50. The van der Waals surface area contributed by atoms with Crippen molar-refractivity contribution in [1.82, 2.24) is 0 Å². The van der Waals surface area contributed by atoms with E-state index in [9.17, 15) is 15.3 Å². The van der Waals surface area contributed by atoms with Crippen molar-refractivity contribution < 1.29 is 20.4 Å². The van der Waals surface area contributed by atoms with Crippen LogP contribution in [-0.2, 0) is 0 Å². The molecule has 0 fully saturated rings. The molecule has 1 aromatic carbocycles. The van der Waals surface area contributed by atoms with E-state index in [4.69, 9.17) is 5.11 Å². The van der Waals surface area contributed by atoms with Gasteiger partial charge in [0.1, 0.15) is 17.3 Å². The number of hydrogen-bond donors (Lipinski definition) is 4. The Bertz CT molecular complexity index is 607. The van der Waals surface area contributed by atoms with Gasteiger partial charge in [0.25, 0.3) is 0 Å². The highest BCUT2D eigenvalue weighted by atomic mass is 16.3. The second-order valence-corrected chi connectivity index (χ2v) is 7.50. The minimum atomic E-state index is -0.220. The Morgan fingerprint density at radius 3 is 1.56 bits per heavy atom. The molecule has 0 atom stereocenters. The Morgan fingerprint density at radius 2 is 1.15 bits per heavy atom. The number of aromatic hydroxyl groups is 2. The van der Waals surface area contributed by atoms with E-state index >= 15 is 0 Å². The Morgan fingerprint density at radius 1 is 0.741 bits per heavy atom. The molecule has 0 aliphatic heterocycles. The molecular weight excluding hydrogens is 340 g/mol. The summed E-state index contributed by atoms with van der Waals surface area (Å²) in [6, 6.07) is 2.63. The number of rotatable bonds is 14. The first kappa shape index (κ1) is 23.2. The van der Waals surface area contributed by atoms with Crippen LogP contribution in [0, 0.1) is 0 Å². The first-order valence-corrected chi connectivity index (χ1v) is 10.7. The summed E-state index contributed by atoms with van der Waals surface area (Å²) in [6.45, 7) is 2.25. The molecule has 0 bridgehead atoms. The molecule has 0 amide bonds. The zero-order chi connectivity index (χ0) is 19.9. The predicted octanol–water partition coefficient (Wildman–Crippen LogP) is 5.54. The molecule has 0 spiro atoms. The van der Waals surface area contributed by atoms with Crippen LogP contribution in [0.2, 0.25) is 0 Å². The second kappa shape index (κ2) is 14.2. The van der Waals surface area contributed by atoms with Crippen LogP contribution in [0.4, 0.5) is 0 Å². The average Bonchev–Trinajstić information content (AvgIpc) is 2.64. The molecule has 4 N–H and O–H groups in total.